The number of para-hydroxylation sites is 2. The van der Waals surface area contributed by atoms with Crippen LogP contribution in [0.1, 0.15) is 73.6 Å². The topological polar surface area (TPSA) is 71.3 Å². The molecule has 2 saturated carbocycles. The Morgan fingerprint density at radius 3 is 1.45 bits per heavy atom. The first-order valence-corrected chi connectivity index (χ1v) is 11.2. The summed E-state index contributed by atoms with van der Waals surface area (Å²) >= 11 is 0. The van der Waals surface area contributed by atoms with Crippen molar-refractivity contribution >= 4 is 5.71 Å². The van der Waals surface area contributed by atoms with Crippen LogP contribution in [0.4, 0.5) is 0 Å². The van der Waals surface area contributed by atoms with E-state index in [0.29, 0.717) is 11.5 Å². The zero-order valence-corrected chi connectivity index (χ0v) is 18.8. The first-order valence-electron chi connectivity index (χ1n) is 11.2. The van der Waals surface area contributed by atoms with E-state index in [1.54, 1.807) is 21.3 Å². The highest BCUT2D eigenvalue weighted by Crippen LogP contribution is 2.46. The van der Waals surface area contributed by atoms with Gasteiger partial charge in [-0.25, -0.2) is 0 Å². The van der Waals surface area contributed by atoms with Crippen molar-refractivity contribution in [1.82, 2.24) is 0 Å². The number of hydrogen-bond acceptors (Lipinski definition) is 5. The van der Waals surface area contributed by atoms with Crippen molar-refractivity contribution in [3.8, 4) is 11.5 Å². The van der Waals surface area contributed by atoms with Crippen LogP contribution in [0, 0.1) is 0 Å². The molecule has 4 rings (SSSR count). The highest BCUT2D eigenvalue weighted by Gasteiger charge is 2.38. The van der Waals surface area contributed by atoms with Gasteiger partial charge in [0, 0.05) is 29.3 Å². The van der Waals surface area contributed by atoms with E-state index < -0.39 is 11.2 Å². The molecule has 2 N–H and O–H groups in total. The molecule has 0 bridgehead atoms. The predicted octanol–water partition coefficient (Wildman–Crippen LogP) is 4.69. The Bertz CT molecular complexity index is 894. The Labute approximate surface area is 184 Å². The first kappa shape index (κ1) is 21.8. The molecule has 5 nitrogen and oxygen atoms in total. The fourth-order valence-electron chi connectivity index (χ4n) is 5.46. The summed E-state index contributed by atoms with van der Waals surface area (Å²) in [6.07, 6.45) is 6.96. The standard InChI is InChI=1S/C26H33NO4/c1-27-22(18-10-8-12-20(23(18)30-2)25(28)14-4-5-15-25)19-11-9-13-21(24(19)31-3)26(29)16-6-7-17-26/h8-13,28-29H,4-7,14-17H2,1-3H3. The van der Waals surface area contributed by atoms with Crippen LogP contribution >= 0.6 is 0 Å². The van der Waals surface area contributed by atoms with E-state index in [1.165, 1.54) is 0 Å². The Morgan fingerprint density at radius 1 is 0.742 bits per heavy atom. The second kappa shape index (κ2) is 8.64. The maximum atomic E-state index is 11.3. The monoisotopic (exact) mass is 423 g/mol. The molecule has 0 saturated heterocycles. The molecule has 0 aromatic heterocycles. The molecule has 166 valence electrons. The second-order valence-electron chi connectivity index (χ2n) is 8.82. The average molecular weight is 424 g/mol. The van der Waals surface area contributed by atoms with Crippen molar-refractivity contribution < 1.29 is 19.7 Å². The van der Waals surface area contributed by atoms with Crippen molar-refractivity contribution in [2.24, 2.45) is 4.99 Å². The van der Waals surface area contributed by atoms with Crippen LogP contribution in [0.2, 0.25) is 0 Å². The lowest BCUT2D eigenvalue weighted by atomic mass is 9.86. The molecule has 2 aromatic rings. The van der Waals surface area contributed by atoms with E-state index in [2.05, 4.69) is 4.99 Å². The SMILES string of the molecule is CN=C(c1cccc(C2(O)CCCC2)c1OC)c1cccc(C2(O)CCCC2)c1OC. The molecule has 0 radical (unpaired) electrons. The Balaban J connectivity index is 1.86. The van der Waals surface area contributed by atoms with Gasteiger partial charge in [-0.15, -0.1) is 0 Å². The minimum Gasteiger partial charge on any atom is -0.496 e. The summed E-state index contributed by atoms with van der Waals surface area (Å²) in [6.45, 7) is 0. The smallest absolute Gasteiger partial charge is 0.134 e. The molecule has 0 spiro atoms. The van der Waals surface area contributed by atoms with Gasteiger partial charge >= 0.3 is 0 Å². The molecule has 2 aliphatic carbocycles. The van der Waals surface area contributed by atoms with Crippen LogP contribution in [0.3, 0.4) is 0 Å². The summed E-state index contributed by atoms with van der Waals surface area (Å²) in [5, 5.41) is 22.5. The van der Waals surface area contributed by atoms with Gasteiger partial charge in [0.15, 0.2) is 0 Å². The summed E-state index contributed by atoms with van der Waals surface area (Å²) in [4.78, 5) is 4.62. The molecule has 2 fully saturated rings. The molecule has 0 amide bonds. The minimum absolute atomic E-state index is 0.652. The van der Waals surface area contributed by atoms with Gasteiger partial charge in [-0.2, -0.15) is 0 Å². The lowest BCUT2D eigenvalue weighted by Gasteiger charge is -2.28. The molecular formula is C26H33NO4. The van der Waals surface area contributed by atoms with Crippen LogP contribution in [0.25, 0.3) is 0 Å². The fraction of sp³-hybridized carbons (Fsp3) is 0.500. The summed E-state index contributed by atoms with van der Waals surface area (Å²) in [5.41, 5.74) is 2.25. The maximum absolute atomic E-state index is 11.3. The number of methoxy groups -OCH3 is 2. The van der Waals surface area contributed by atoms with Crippen molar-refractivity contribution in [1.29, 1.82) is 0 Å². The first-order chi connectivity index (χ1) is 15.0. The summed E-state index contributed by atoms with van der Waals surface area (Å²) in [7, 11) is 5.04. The molecule has 0 aliphatic heterocycles. The quantitative estimate of drug-likeness (QED) is 0.661. The number of aliphatic imine (C=N–C) groups is 1. The molecule has 2 aliphatic rings. The Morgan fingerprint density at radius 2 is 1.13 bits per heavy atom. The number of rotatable bonds is 6. The van der Waals surface area contributed by atoms with Crippen molar-refractivity contribution in [3.63, 3.8) is 0 Å². The van der Waals surface area contributed by atoms with Crippen LogP contribution in [0.15, 0.2) is 41.4 Å². The molecule has 5 heteroatoms. The Kier molecular flexibility index (Phi) is 6.09. The molecule has 2 aromatic carbocycles. The van der Waals surface area contributed by atoms with Gasteiger partial charge < -0.3 is 19.7 Å². The van der Waals surface area contributed by atoms with Crippen LogP contribution < -0.4 is 9.47 Å². The fourth-order valence-corrected chi connectivity index (χ4v) is 5.46. The zero-order chi connectivity index (χ0) is 22.1. The third-order valence-corrected chi connectivity index (χ3v) is 7.04. The van der Waals surface area contributed by atoms with Crippen molar-refractivity contribution in [3.05, 3.63) is 58.7 Å². The van der Waals surface area contributed by atoms with Gasteiger partial charge in [-0.1, -0.05) is 49.9 Å². The lowest BCUT2D eigenvalue weighted by Crippen LogP contribution is -2.24. The van der Waals surface area contributed by atoms with Gasteiger partial charge in [0.05, 0.1) is 31.1 Å². The van der Waals surface area contributed by atoms with E-state index in [0.717, 1.165) is 79.3 Å². The molecule has 0 unspecified atom stereocenters. The van der Waals surface area contributed by atoms with E-state index in [4.69, 9.17) is 9.47 Å². The third-order valence-electron chi connectivity index (χ3n) is 7.04. The summed E-state index contributed by atoms with van der Waals surface area (Å²) in [6, 6.07) is 11.8. The molecular weight excluding hydrogens is 390 g/mol. The molecule has 0 heterocycles. The van der Waals surface area contributed by atoms with E-state index >= 15 is 0 Å². The van der Waals surface area contributed by atoms with Crippen LogP contribution in [-0.4, -0.2) is 37.2 Å². The van der Waals surface area contributed by atoms with Gasteiger partial charge in [0.1, 0.15) is 11.5 Å². The lowest BCUT2D eigenvalue weighted by molar-refractivity contribution is 0.0416. The number of benzene rings is 2. The van der Waals surface area contributed by atoms with Crippen molar-refractivity contribution in [2.75, 3.05) is 21.3 Å². The summed E-state index contributed by atoms with van der Waals surface area (Å²) in [5.74, 6) is 1.30. The predicted molar refractivity (Wildman–Crippen MR) is 122 cm³/mol. The number of ether oxygens (including phenoxy) is 2. The number of hydrogen-bond donors (Lipinski definition) is 2. The summed E-state index contributed by atoms with van der Waals surface area (Å²) < 4.78 is 11.7. The van der Waals surface area contributed by atoms with Crippen LogP contribution in [0.5, 0.6) is 11.5 Å². The maximum Gasteiger partial charge on any atom is 0.134 e. The largest absolute Gasteiger partial charge is 0.496 e. The minimum atomic E-state index is -0.870. The highest BCUT2D eigenvalue weighted by atomic mass is 16.5. The molecule has 31 heavy (non-hydrogen) atoms. The van der Waals surface area contributed by atoms with Crippen LogP contribution in [-0.2, 0) is 11.2 Å². The van der Waals surface area contributed by atoms with E-state index in [9.17, 15) is 10.2 Å². The van der Waals surface area contributed by atoms with E-state index in [-0.39, 0.29) is 0 Å². The van der Waals surface area contributed by atoms with Crippen molar-refractivity contribution in [2.45, 2.75) is 62.6 Å². The zero-order valence-electron chi connectivity index (χ0n) is 18.8. The number of nitrogens with zero attached hydrogens (tertiary/aromatic N) is 1. The van der Waals surface area contributed by atoms with Gasteiger partial charge in [-0.05, 0) is 37.8 Å². The van der Waals surface area contributed by atoms with Gasteiger partial charge in [0.2, 0.25) is 0 Å². The number of aliphatic hydroxyl groups is 2. The Hall–Kier alpha value is -2.37. The average Bonchev–Trinajstić information content (AvgIpc) is 3.44. The second-order valence-corrected chi connectivity index (χ2v) is 8.82. The third kappa shape index (κ3) is 3.74. The highest BCUT2D eigenvalue weighted by molar-refractivity contribution is 6.16. The normalized spacial score (nSPS) is 19.3. The van der Waals surface area contributed by atoms with E-state index in [1.807, 2.05) is 36.4 Å². The molecule has 0 atom stereocenters. The van der Waals surface area contributed by atoms with Gasteiger partial charge in [-0.3, -0.25) is 4.99 Å². The van der Waals surface area contributed by atoms with Gasteiger partial charge in [0.25, 0.3) is 0 Å².